The Bertz CT molecular complexity index is 1330. The predicted molar refractivity (Wildman–Crippen MR) is 212 cm³/mol. The molecule has 0 unspecified atom stereocenters. The molecule has 0 aromatic rings. The molecule has 3 saturated heterocycles. The average Bonchev–Trinajstić information content (AvgIpc) is 3.15. The van der Waals surface area contributed by atoms with Crippen molar-refractivity contribution in [3.05, 3.63) is 12.7 Å². The number of carbonyl (C=O) groups is 1. The molecule has 0 aliphatic carbocycles. The van der Waals surface area contributed by atoms with Crippen molar-refractivity contribution >= 4 is 11.7 Å². The highest BCUT2D eigenvalue weighted by atomic mass is 16.7. The van der Waals surface area contributed by atoms with E-state index < -0.39 is 102 Å². The highest BCUT2D eigenvalue weighted by Crippen LogP contribution is 2.41. The van der Waals surface area contributed by atoms with Crippen molar-refractivity contribution in [2.45, 2.75) is 166 Å². The summed E-state index contributed by atoms with van der Waals surface area (Å²) >= 11 is 0. The number of likely N-dealkylation sites (N-methyl/N-ethyl adjacent to an activating group) is 1. The van der Waals surface area contributed by atoms with E-state index in [2.05, 4.69) is 11.7 Å². The third-order valence-electron chi connectivity index (χ3n) is 12.3. The second-order valence-electron chi connectivity index (χ2n) is 17.5. The lowest BCUT2D eigenvalue weighted by atomic mass is 9.74. The molecule has 17 heteroatoms. The van der Waals surface area contributed by atoms with Crippen molar-refractivity contribution < 1.29 is 73.1 Å². The number of nitrogens with zero attached hydrogens (tertiary/aromatic N) is 2. The Morgan fingerprint density at radius 2 is 1.59 bits per heavy atom. The van der Waals surface area contributed by atoms with E-state index in [4.69, 9.17) is 42.7 Å². The molecule has 5 N–H and O–H groups in total. The summed E-state index contributed by atoms with van der Waals surface area (Å²) in [4.78, 5) is 21.7. The second kappa shape index (κ2) is 21.3. The maximum absolute atomic E-state index is 14.3. The van der Waals surface area contributed by atoms with Crippen LogP contribution in [0.4, 0.5) is 0 Å². The fourth-order valence-electron chi connectivity index (χ4n) is 8.69. The fraction of sp³-hybridized carbons (Fsp3) is 0.902. The van der Waals surface area contributed by atoms with E-state index in [1.807, 2.05) is 25.9 Å². The van der Waals surface area contributed by atoms with Crippen LogP contribution in [0.5, 0.6) is 0 Å². The van der Waals surface area contributed by atoms with Gasteiger partial charge >= 0.3 is 5.97 Å². The van der Waals surface area contributed by atoms with E-state index >= 15 is 0 Å². The zero-order valence-corrected chi connectivity index (χ0v) is 36.9. The number of ether oxygens (including phenoxy) is 8. The Balaban J connectivity index is 2.22. The number of esters is 1. The molecule has 338 valence electrons. The van der Waals surface area contributed by atoms with Gasteiger partial charge in [0.1, 0.15) is 17.8 Å². The van der Waals surface area contributed by atoms with Crippen molar-refractivity contribution in [2.75, 3.05) is 48.3 Å². The topological polar surface area (TPSA) is 217 Å². The third-order valence-corrected chi connectivity index (χ3v) is 12.3. The molecule has 0 spiro atoms. The Hall–Kier alpha value is -1.84. The Morgan fingerprint density at radius 1 is 0.931 bits per heavy atom. The minimum atomic E-state index is -2.08. The molecule has 0 saturated carbocycles. The molecule has 3 rings (SSSR count). The summed E-state index contributed by atoms with van der Waals surface area (Å²) in [5, 5.41) is 63.4. The molecule has 0 bridgehead atoms. The lowest BCUT2D eigenvalue weighted by Gasteiger charge is -2.49. The third kappa shape index (κ3) is 12.0. The first-order chi connectivity index (χ1) is 27.0. The number of carbonyl (C=O) groups excluding carboxylic acids is 1. The first-order valence-electron chi connectivity index (χ1n) is 20.4. The van der Waals surface area contributed by atoms with E-state index in [1.165, 1.54) is 27.2 Å². The Kier molecular flexibility index (Phi) is 18.6. The van der Waals surface area contributed by atoms with Gasteiger partial charge in [0.15, 0.2) is 18.7 Å². The first-order valence-corrected chi connectivity index (χ1v) is 20.4. The Morgan fingerprint density at radius 3 is 2.17 bits per heavy atom. The maximum Gasteiger partial charge on any atom is 0.312 e. The van der Waals surface area contributed by atoms with Gasteiger partial charge in [0.25, 0.3) is 0 Å². The lowest BCUT2D eigenvalue weighted by molar-refractivity contribution is -0.317. The van der Waals surface area contributed by atoms with Crippen LogP contribution < -0.4 is 0 Å². The van der Waals surface area contributed by atoms with Crippen molar-refractivity contribution in [3.63, 3.8) is 0 Å². The largest absolute Gasteiger partial charge is 0.455 e. The predicted octanol–water partition coefficient (Wildman–Crippen LogP) is 1.99. The molecule has 3 fully saturated rings. The molecule has 58 heavy (non-hydrogen) atoms. The summed E-state index contributed by atoms with van der Waals surface area (Å²) < 4.78 is 47.9. The molecule has 0 aromatic heterocycles. The van der Waals surface area contributed by atoms with Crippen molar-refractivity contribution in [2.24, 2.45) is 28.8 Å². The van der Waals surface area contributed by atoms with Gasteiger partial charge in [-0.2, -0.15) is 0 Å². The van der Waals surface area contributed by atoms with Crippen LogP contribution in [0.3, 0.4) is 0 Å². The van der Waals surface area contributed by atoms with Gasteiger partial charge in [0, 0.05) is 44.4 Å². The van der Waals surface area contributed by atoms with E-state index in [1.54, 1.807) is 48.5 Å². The van der Waals surface area contributed by atoms with E-state index in [-0.39, 0.29) is 44.1 Å². The van der Waals surface area contributed by atoms with Crippen LogP contribution in [0.1, 0.15) is 81.6 Å². The summed E-state index contributed by atoms with van der Waals surface area (Å²) in [5.74, 6) is -4.36. The van der Waals surface area contributed by atoms with Crippen LogP contribution in [-0.2, 0) is 47.5 Å². The fourth-order valence-corrected chi connectivity index (χ4v) is 8.69. The quantitative estimate of drug-likeness (QED) is 0.0590. The number of aliphatic hydroxyl groups is 5. The molecule has 0 aromatic carbocycles. The summed E-state index contributed by atoms with van der Waals surface area (Å²) in [6.07, 6.45) is -8.89. The Labute approximate surface area is 344 Å². The normalized spacial score (nSPS) is 45.7. The smallest absolute Gasteiger partial charge is 0.312 e. The van der Waals surface area contributed by atoms with Crippen molar-refractivity contribution in [3.8, 4) is 0 Å². The van der Waals surface area contributed by atoms with Crippen LogP contribution in [-0.4, -0.2) is 175 Å². The van der Waals surface area contributed by atoms with E-state index in [9.17, 15) is 30.3 Å². The summed E-state index contributed by atoms with van der Waals surface area (Å²) in [6.45, 7) is 19.1. The van der Waals surface area contributed by atoms with Gasteiger partial charge in [0.05, 0.1) is 66.6 Å². The molecular formula is C41H74N2O15. The number of hydrogen-bond acceptors (Lipinski definition) is 17. The zero-order valence-electron chi connectivity index (χ0n) is 36.9. The van der Waals surface area contributed by atoms with Crippen LogP contribution in [0.25, 0.3) is 0 Å². The van der Waals surface area contributed by atoms with Crippen molar-refractivity contribution in [1.82, 2.24) is 4.90 Å². The molecular weight excluding hydrogens is 760 g/mol. The van der Waals surface area contributed by atoms with Crippen molar-refractivity contribution in [1.29, 1.82) is 0 Å². The first kappa shape index (κ1) is 50.5. The summed E-state index contributed by atoms with van der Waals surface area (Å²) in [6, 6.07) is -0.337. The monoisotopic (exact) mass is 835 g/mol. The van der Waals surface area contributed by atoms with Crippen LogP contribution in [0.15, 0.2) is 17.8 Å². The van der Waals surface area contributed by atoms with E-state index in [0.29, 0.717) is 13.0 Å². The van der Waals surface area contributed by atoms with Crippen LogP contribution in [0.2, 0.25) is 0 Å². The maximum atomic E-state index is 14.3. The number of hydrogen-bond donors (Lipinski definition) is 5. The summed E-state index contributed by atoms with van der Waals surface area (Å²) in [5.41, 5.74) is -4.68. The number of rotatable bonds is 13. The minimum absolute atomic E-state index is 0.0508. The molecule has 0 amide bonds. The summed E-state index contributed by atoms with van der Waals surface area (Å²) in [7, 11) is 6.73. The highest BCUT2D eigenvalue weighted by Gasteiger charge is 2.53. The van der Waals surface area contributed by atoms with Gasteiger partial charge in [0.2, 0.25) is 6.79 Å². The SMILES string of the molecule is C=C[C@H]1OC(=O)[C@H](C)[C@@H](O[C@H]2C[C@@](C)(OC)[C@@H](O)[C@H](C)O2)[C@H](C)[C@@H](O[C@@H]2O[C@H](C)C[C@H](N(C)C)[C@H]2O)[C@](C)(O)C[C@@H](C)/C(=N\OCOCCOC)[C@H](C)[C@@H](O)[C@]1(C)O. The molecule has 17 nitrogen and oxygen atoms in total. The number of cyclic esters (lactones) is 1. The van der Waals surface area contributed by atoms with Gasteiger partial charge in [-0.05, 0) is 74.6 Å². The van der Waals surface area contributed by atoms with Gasteiger partial charge in [-0.15, -0.1) is 0 Å². The van der Waals surface area contributed by atoms with Gasteiger partial charge in [-0.1, -0.05) is 32.5 Å². The van der Waals surface area contributed by atoms with Gasteiger partial charge < -0.3 is 73.2 Å². The molecule has 3 aliphatic heterocycles. The van der Waals surface area contributed by atoms with E-state index in [0.717, 1.165) is 0 Å². The zero-order chi connectivity index (χ0) is 43.9. The molecule has 3 aliphatic rings. The van der Waals surface area contributed by atoms with Gasteiger partial charge in [-0.25, -0.2) is 0 Å². The average molecular weight is 835 g/mol. The lowest BCUT2D eigenvalue weighted by Crippen LogP contribution is -2.61. The molecule has 18 atom stereocenters. The highest BCUT2D eigenvalue weighted by molar-refractivity contribution is 5.88. The standard InChI is InChI=1S/C41H74N2O15/c1-15-29-41(10,49)34(45)24(4)31(42-53-21-52-17-16-50-13)22(2)19-39(8,48)36(58-38-32(44)28(43(11)12)18-23(3)54-38)25(5)33(26(6)37(47)56-29)57-30-20-40(9,51-14)35(46)27(7)55-30/h15,22-30,32-36,38,44-46,48-49H,1,16-21H2,2-14H3/b42-31+/t22-,23-,24+,25+,26-,27+,28+,29-,30+,32-,33+,34-,35+,36-,38+,39-,40-,41-/m1/s1. The van der Waals surface area contributed by atoms with Gasteiger partial charge in [-0.3, -0.25) is 4.79 Å². The minimum Gasteiger partial charge on any atom is -0.455 e. The number of aliphatic hydroxyl groups excluding tert-OH is 3. The number of oxime groups is 1. The second-order valence-corrected chi connectivity index (χ2v) is 17.5. The molecule has 0 radical (unpaired) electrons. The van der Waals surface area contributed by atoms with Crippen LogP contribution >= 0.6 is 0 Å². The number of methoxy groups -OCH3 is 2. The van der Waals surface area contributed by atoms with Crippen LogP contribution in [0, 0.1) is 23.7 Å². The molecule has 3 heterocycles.